The Balaban J connectivity index is 1.33. The van der Waals surface area contributed by atoms with Crippen molar-refractivity contribution >= 4 is 23.0 Å². The minimum atomic E-state index is 0.176. The molecule has 4 heteroatoms. The molecule has 1 aliphatic heterocycles. The molecule has 1 aliphatic carbocycles. The minimum Gasteiger partial charge on any atom is -0.368 e. The van der Waals surface area contributed by atoms with Gasteiger partial charge in [0.15, 0.2) is 0 Å². The van der Waals surface area contributed by atoms with E-state index in [1.54, 1.807) is 0 Å². The number of piperazine rings is 1. The quantitative estimate of drug-likeness (QED) is 0.924. The van der Waals surface area contributed by atoms with Crippen LogP contribution in [0.2, 0.25) is 0 Å². The number of amides is 1. The molecule has 130 valence electrons. The Bertz CT molecular complexity index is 702. The fraction of sp³-hybridized carbons (Fsp3) is 0.381. The average molecular weight is 335 g/mol. The first-order chi connectivity index (χ1) is 12.3. The van der Waals surface area contributed by atoms with Gasteiger partial charge in [0.25, 0.3) is 0 Å². The van der Waals surface area contributed by atoms with E-state index in [2.05, 4.69) is 57.6 Å². The molecule has 2 aliphatic rings. The predicted molar refractivity (Wildman–Crippen MR) is 103 cm³/mol. The van der Waals surface area contributed by atoms with Gasteiger partial charge in [-0.2, -0.15) is 0 Å². The Hall–Kier alpha value is -2.49. The molecule has 2 aromatic carbocycles. The molecule has 2 aromatic rings. The van der Waals surface area contributed by atoms with Crippen LogP contribution in [0.1, 0.15) is 19.3 Å². The van der Waals surface area contributed by atoms with Crippen molar-refractivity contribution < 1.29 is 4.79 Å². The second kappa shape index (κ2) is 7.18. The fourth-order valence-electron chi connectivity index (χ4n) is 3.53. The van der Waals surface area contributed by atoms with Gasteiger partial charge in [-0.1, -0.05) is 24.6 Å². The van der Waals surface area contributed by atoms with Gasteiger partial charge < -0.3 is 15.1 Å². The number of hydrogen-bond acceptors (Lipinski definition) is 3. The number of benzene rings is 2. The van der Waals surface area contributed by atoms with E-state index in [0.29, 0.717) is 0 Å². The molecule has 4 nitrogen and oxygen atoms in total. The fourth-order valence-corrected chi connectivity index (χ4v) is 3.53. The molecule has 1 N–H and O–H groups in total. The molecule has 0 spiro atoms. The van der Waals surface area contributed by atoms with Crippen LogP contribution in [0.15, 0.2) is 54.6 Å². The number of hydrogen-bond donors (Lipinski definition) is 1. The number of nitrogens with one attached hydrogen (secondary N) is 1. The summed E-state index contributed by atoms with van der Waals surface area (Å²) in [5.74, 6) is 0.404. The summed E-state index contributed by atoms with van der Waals surface area (Å²) in [7, 11) is 0. The van der Waals surface area contributed by atoms with E-state index < -0.39 is 0 Å². The number of nitrogens with zero attached hydrogens (tertiary/aromatic N) is 2. The van der Waals surface area contributed by atoms with Crippen molar-refractivity contribution in [1.29, 1.82) is 0 Å². The summed E-state index contributed by atoms with van der Waals surface area (Å²) >= 11 is 0. The number of carbonyl (C=O) groups excluding carboxylic acids is 1. The molecule has 25 heavy (non-hydrogen) atoms. The summed E-state index contributed by atoms with van der Waals surface area (Å²) in [4.78, 5) is 16.9. The van der Waals surface area contributed by atoms with Crippen LogP contribution in [-0.4, -0.2) is 32.1 Å². The van der Waals surface area contributed by atoms with E-state index >= 15 is 0 Å². The zero-order chi connectivity index (χ0) is 17.1. The molecule has 0 radical (unpaired) electrons. The zero-order valence-electron chi connectivity index (χ0n) is 14.5. The van der Waals surface area contributed by atoms with Gasteiger partial charge in [0, 0.05) is 49.2 Å². The zero-order valence-corrected chi connectivity index (χ0v) is 14.5. The van der Waals surface area contributed by atoms with Crippen molar-refractivity contribution in [3.05, 3.63) is 54.6 Å². The Morgan fingerprint density at radius 2 is 1.36 bits per heavy atom. The van der Waals surface area contributed by atoms with Gasteiger partial charge in [0.1, 0.15) is 0 Å². The van der Waals surface area contributed by atoms with Crippen LogP contribution in [0.4, 0.5) is 17.1 Å². The van der Waals surface area contributed by atoms with Crippen LogP contribution >= 0.6 is 0 Å². The van der Waals surface area contributed by atoms with Crippen molar-refractivity contribution in [3.8, 4) is 0 Å². The van der Waals surface area contributed by atoms with Crippen molar-refractivity contribution in [3.63, 3.8) is 0 Å². The van der Waals surface area contributed by atoms with Gasteiger partial charge in [-0.05, 0) is 49.2 Å². The smallest absolute Gasteiger partial charge is 0.227 e. The highest BCUT2D eigenvalue weighted by atomic mass is 16.1. The number of anilines is 3. The molecule has 0 aromatic heterocycles. The largest absolute Gasteiger partial charge is 0.368 e. The summed E-state index contributed by atoms with van der Waals surface area (Å²) in [5, 5.41) is 3.04. The third-order valence-corrected chi connectivity index (χ3v) is 5.38. The highest BCUT2D eigenvalue weighted by Crippen LogP contribution is 2.28. The Morgan fingerprint density at radius 1 is 0.800 bits per heavy atom. The summed E-state index contributed by atoms with van der Waals surface area (Å²) in [5.41, 5.74) is 3.44. The number of para-hydroxylation sites is 1. The molecule has 1 heterocycles. The van der Waals surface area contributed by atoms with E-state index in [4.69, 9.17) is 0 Å². The maximum atomic E-state index is 12.0. The summed E-state index contributed by atoms with van der Waals surface area (Å²) in [6, 6.07) is 18.9. The first kappa shape index (κ1) is 16.0. The summed E-state index contributed by atoms with van der Waals surface area (Å²) in [6.07, 6.45) is 3.26. The summed E-state index contributed by atoms with van der Waals surface area (Å²) < 4.78 is 0. The summed E-state index contributed by atoms with van der Waals surface area (Å²) in [6.45, 7) is 4.10. The van der Waals surface area contributed by atoms with Crippen LogP contribution in [0.25, 0.3) is 0 Å². The monoisotopic (exact) mass is 335 g/mol. The van der Waals surface area contributed by atoms with Crippen molar-refractivity contribution in [1.82, 2.24) is 0 Å². The van der Waals surface area contributed by atoms with Gasteiger partial charge in [0.05, 0.1) is 0 Å². The van der Waals surface area contributed by atoms with Crippen molar-refractivity contribution in [2.24, 2.45) is 5.92 Å². The number of rotatable bonds is 4. The highest BCUT2D eigenvalue weighted by Gasteiger charge is 2.25. The van der Waals surface area contributed by atoms with Crippen LogP contribution in [0.5, 0.6) is 0 Å². The maximum absolute atomic E-state index is 12.0. The first-order valence-electron chi connectivity index (χ1n) is 9.25. The molecule has 0 bridgehead atoms. The maximum Gasteiger partial charge on any atom is 0.227 e. The molecular formula is C21H25N3O. The van der Waals surface area contributed by atoms with Gasteiger partial charge >= 0.3 is 0 Å². The lowest BCUT2D eigenvalue weighted by Crippen LogP contribution is -2.46. The van der Waals surface area contributed by atoms with Crippen LogP contribution in [0.3, 0.4) is 0 Å². The molecule has 1 saturated carbocycles. The van der Waals surface area contributed by atoms with E-state index in [0.717, 1.165) is 44.7 Å². The van der Waals surface area contributed by atoms with E-state index in [1.807, 2.05) is 12.1 Å². The van der Waals surface area contributed by atoms with E-state index in [1.165, 1.54) is 17.8 Å². The van der Waals surface area contributed by atoms with E-state index in [-0.39, 0.29) is 11.8 Å². The molecule has 4 rings (SSSR count). The third-order valence-electron chi connectivity index (χ3n) is 5.38. The lowest BCUT2D eigenvalue weighted by molar-refractivity contribution is -0.122. The lowest BCUT2D eigenvalue weighted by Gasteiger charge is -2.37. The Labute approximate surface area is 149 Å². The minimum absolute atomic E-state index is 0.176. The van der Waals surface area contributed by atoms with Crippen molar-refractivity contribution in [2.75, 3.05) is 41.3 Å². The first-order valence-corrected chi connectivity index (χ1v) is 9.25. The van der Waals surface area contributed by atoms with Gasteiger partial charge in [-0.25, -0.2) is 0 Å². The third kappa shape index (κ3) is 3.63. The van der Waals surface area contributed by atoms with Gasteiger partial charge in [-0.3, -0.25) is 4.79 Å². The lowest BCUT2D eigenvalue weighted by atomic mass is 9.85. The number of carbonyl (C=O) groups is 1. The molecular weight excluding hydrogens is 310 g/mol. The average Bonchev–Trinajstić information content (AvgIpc) is 2.62. The Kier molecular flexibility index (Phi) is 4.59. The topological polar surface area (TPSA) is 35.6 Å². The van der Waals surface area contributed by atoms with Crippen LogP contribution < -0.4 is 15.1 Å². The van der Waals surface area contributed by atoms with Gasteiger partial charge in [0.2, 0.25) is 5.91 Å². The van der Waals surface area contributed by atoms with Crippen LogP contribution in [-0.2, 0) is 4.79 Å². The predicted octanol–water partition coefficient (Wildman–Crippen LogP) is 3.75. The molecule has 0 unspecified atom stereocenters. The normalized spacial score (nSPS) is 17.9. The molecule has 1 saturated heterocycles. The van der Waals surface area contributed by atoms with Crippen molar-refractivity contribution in [2.45, 2.75) is 19.3 Å². The second-order valence-electron chi connectivity index (χ2n) is 6.97. The van der Waals surface area contributed by atoms with Crippen LogP contribution in [0, 0.1) is 5.92 Å². The Morgan fingerprint density at radius 3 is 1.88 bits per heavy atom. The SMILES string of the molecule is O=C(Nc1ccc(N2CCN(c3ccccc3)CC2)cc1)C1CCC1. The highest BCUT2D eigenvalue weighted by molar-refractivity contribution is 5.93. The molecule has 0 atom stereocenters. The standard InChI is InChI=1S/C21H25N3O/c25-21(17-5-4-6-17)22-18-9-11-20(12-10-18)24-15-13-23(14-16-24)19-7-2-1-3-8-19/h1-3,7-12,17H,4-6,13-16H2,(H,22,25). The van der Waals surface area contributed by atoms with Gasteiger partial charge in [-0.15, -0.1) is 0 Å². The second-order valence-corrected chi connectivity index (χ2v) is 6.97. The van der Waals surface area contributed by atoms with E-state index in [9.17, 15) is 4.79 Å². The molecule has 2 fully saturated rings. The molecule has 1 amide bonds.